The predicted molar refractivity (Wildman–Crippen MR) is 113 cm³/mol. The number of hydrogen-bond donors (Lipinski definition) is 0. The van der Waals surface area contributed by atoms with Gasteiger partial charge in [0.15, 0.2) is 0 Å². The van der Waals surface area contributed by atoms with Gasteiger partial charge < -0.3 is 9.80 Å². The second kappa shape index (κ2) is 7.70. The Balaban J connectivity index is 1.45. The number of halogens is 1. The molecule has 0 atom stereocenters. The van der Waals surface area contributed by atoms with Gasteiger partial charge in [-0.15, -0.1) is 0 Å². The molecule has 0 N–H and O–H groups in total. The zero-order valence-corrected chi connectivity index (χ0v) is 17.7. The molecule has 28 heavy (non-hydrogen) atoms. The van der Waals surface area contributed by atoms with Crippen LogP contribution in [0.2, 0.25) is 0 Å². The lowest BCUT2D eigenvalue weighted by atomic mass is 9.94. The van der Waals surface area contributed by atoms with E-state index in [9.17, 15) is 9.59 Å². The topological polar surface area (TPSA) is 40.6 Å². The highest BCUT2D eigenvalue weighted by Gasteiger charge is 2.53. The van der Waals surface area contributed by atoms with Crippen molar-refractivity contribution in [3.63, 3.8) is 0 Å². The fraction of sp³-hybridized carbons (Fsp3) is 0.391. The van der Waals surface area contributed by atoms with E-state index in [-0.39, 0.29) is 17.2 Å². The van der Waals surface area contributed by atoms with Gasteiger partial charge in [0.2, 0.25) is 5.91 Å². The highest BCUT2D eigenvalue weighted by molar-refractivity contribution is 9.10. The standard InChI is InChI=1S/C23H25BrN2O2/c1-17-4-2-5-18(16-17)21(27)25-12-3-13-26(15-14-25)22(28)23(10-11-23)19-6-8-20(24)9-7-19/h2,4-9,16H,3,10-15H2,1H3. The van der Waals surface area contributed by atoms with Crippen LogP contribution < -0.4 is 0 Å². The van der Waals surface area contributed by atoms with E-state index in [0.29, 0.717) is 26.2 Å². The molecule has 1 aliphatic carbocycles. The third-order valence-electron chi connectivity index (χ3n) is 5.89. The van der Waals surface area contributed by atoms with Crippen LogP contribution in [0, 0.1) is 6.92 Å². The summed E-state index contributed by atoms with van der Waals surface area (Å²) in [6.07, 6.45) is 2.64. The smallest absolute Gasteiger partial charge is 0.253 e. The lowest BCUT2D eigenvalue weighted by Gasteiger charge is -2.27. The van der Waals surface area contributed by atoms with Gasteiger partial charge in [-0.05, 0) is 56.0 Å². The lowest BCUT2D eigenvalue weighted by Crippen LogP contribution is -2.42. The summed E-state index contributed by atoms with van der Waals surface area (Å²) in [5, 5.41) is 0. The number of benzene rings is 2. The Bertz CT molecular complexity index is 890. The fourth-order valence-electron chi connectivity index (χ4n) is 4.11. The van der Waals surface area contributed by atoms with Crippen molar-refractivity contribution in [2.75, 3.05) is 26.2 Å². The van der Waals surface area contributed by atoms with Gasteiger partial charge in [0.25, 0.3) is 5.91 Å². The summed E-state index contributed by atoms with van der Waals surface area (Å²) in [6.45, 7) is 4.61. The number of nitrogens with zero attached hydrogens (tertiary/aromatic N) is 2. The van der Waals surface area contributed by atoms with Crippen molar-refractivity contribution in [1.29, 1.82) is 0 Å². The van der Waals surface area contributed by atoms with E-state index in [1.807, 2.05) is 53.1 Å². The zero-order valence-electron chi connectivity index (χ0n) is 16.2. The summed E-state index contributed by atoms with van der Waals surface area (Å²) in [4.78, 5) is 30.0. The monoisotopic (exact) mass is 440 g/mol. The van der Waals surface area contributed by atoms with E-state index in [4.69, 9.17) is 0 Å². The molecule has 4 rings (SSSR count). The van der Waals surface area contributed by atoms with Crippen LogP contribution in [0.4, 0.5) is 0 Å². The normalized spacial score (nSPS) is 18.5. The van der Waals surface area contributed by atoms with Crippen LogP contribution in [0.5, 0.6) is 0 Å². The van der Waals surface area contributed by atoms with Crippen molar-refractivity contribution >= 4 is 27.7 Å². The first kappa shape index (κ1) is 19.2. The van der Waals surface area contributed by atoms with Crippen LogP contribution in [0.3, 0.4) is 0 Å². The van der Waals surface area contributed by atoms with Crippen molar-refractivity contribution in [2.24, 2.45) is 0 Å². The molecule has 0 unspecified atom stereocenters. The number of hydrogen-bond acceptors (Lipinski definition) is 2. The maximum Gasteiger partial charge on any atom is 0.253 e. The van der Waals surface area contributed by atoms with Crippen LogP contribution >= 0.6 is 15.9 Å². The van der Waals surface area contributed by atoms with Gasteiger partial charge in [-0.1, -0.05) is 45.8 Å². The second-order valence-electron chi connectivity index (χ2n) is 7.90. The number of aryl methyl sites for hydroxylation is 1. The van der Waals surface area contributed by atoms with E-state index < -0.39 is 0 Å². The molecule has 146 valence electrons. The molecule has 4 nitrogen and oxygen atoms in total. The molecule has 2 aromatic carbocycles. The average molecular weight is 441 g/mol. The molecule has 2 amide bonds. The molecule has 2 aliphatic rings. The van der Waals surface area contributed by atoms with Crippen LogP contribution in [-0.4, -0.2) is 47.8 Å². The molecule has 1 saturated heterocycles. The maximum absolute atomic E-state index is 13.3. The number of rotatable bonds is 3. The first-order valence-electron chi connectivity index (χ1n) is 9.91. The predicted octanol–water partition coefficient (Wildman–Crippen LogP) is 4.16. The third-order valence-corrected chi connectivity index (χ3v) is 6.42. The SMILES string of the molecule is Cc1cccc(C(=O)N2CCCN(C(=O)C3(c4ccc(Br)cc4)CC3)CC2)c1. The second-order valence-corrected chi connectivity index (χ2v) is 8.81. The maximum atomic E-state index is 13.3. The highest BCUT2D eigenvalue weighted by atomic mass is 79.9. The Morgan fingerprint density at radius 2 is 1.61 bits per heavy atom. The van der Waals surface area contributed by atoms with Crippen LogP contribution in [-0.2, 0) is 10.2 Å². The Hall–Kier alpha value is -2.14. The van der Waals surface area contributed by atoms with Gasteiger partial charge in [0.05, 0.1) is 5.41 Å². The molecule has 1 aliphatic heterocycles. The largest absolute Gasteiger partial charge is 0.340 e. The Kier molecular flexibility index (Phi) is 5.28. The minimum absolute atomic E-state index is 0.0621. The summed E-state index contributed by atoms with van der Waals surface area (Å²) in [5.41, 5.74) is 2.57. The molecule has 0 radical (unpaired) electrons. The minimum atomic E-state index is -0.351. The molecule has 0 aromatic heterocycles. The Labute approximate surface area is 174 Å². The van der Waals surface area contributed by atoms with Crippen LogP contribution in [0.1, 0.15) is 40.7 Å². The lowest BCUT2D eigenvalue weighted by molar-refractivity contribution is -0.133. The summed E-state index contributed by atoms with van der Waals surface area (Å²) in [5.74, 6) is 0.284. The van der Waals surface area contributed by atoms with E-state index in [0.717, 1.165) is 40.4 Å². The van der Waals surface area contributed by atoms with E-state index in [2.05, 4.69) is 28.1 Å². The molecule has 0 spiro atoms. The van der Waals surface area contributed by atoms with Crippen LogP contribution in [0.25, 0.3) is 0 Å². The molecule has 1 saturated carbocycles. The van der Waals surface area contributed by atoms with Crippen molar-refractivity contribution in [3.05, 3.63) is 69.7 Å². The first-order chi connectivity index (χ1) is 13.5. The molecule has 2 aromatic rings. The summed E-state index contributed by atoms with van der Waals surface area (Å²) in [6, 6.07) is 15.8. The number of carbonyl (C=O) groups excluding carboxylic acids is 2. The van der Waals surface area contributed by atoms with Crippen molar-refractivity contribution < 1.29 is 9.59 Å². The minimum Gasteiger partial charge on any atom is -0.340 e. The molecule has 1 heterocycles. The van der Waals surface area contributed by atoms with Gasteiger partial charge in [-0.3, -0.25) is 9.59 Å². The third kappa shape index (κ3) is 3.72. The van der Waals surface area contributed by atoms with Crippen LogP contribution in [0.15, 0.2) is 53.0 Å². The fourth-order valence-corrected chi connectivity index (χ4v) is 4.37. The zero-order chi connectivity index (χ0) is 19.7. The summed E-state index contributed by atoms with van der Waals surface area (Å²) in [7, 11) is 0. The summed E-state index contributed by atoms with van der Waals surface area (Å²) < 4.78 is 1.03. The quantitative estimate of drug-likeness (QED) is 0.718. The number of carbonyl (C=O) groups is 2. The van der Waals surface area contributed by atoms with Gasteiger partial charge in [0.1, 0.15) is 0 Å². The molecular formula is C23H25BrN2O2. The molecule has 2 fully saturated rings. The Morgan fingerprint density at radius 3 is 2.29 bits per heavy atom. The van der Waals surface area contributed by atoms with E-state index in [1.165, 1.54) is 0 Å². The number of amides is 2. The van der Waals surface area contributed by atoms with Gasteiger partial charge >= 0.3 is 0 Å². The highest BCUT2D eigenvalue weighted by Crippen LogP contribution is 2.49. The van der Waals surface area contributed by atoms with E-state index >= 15 is 0 Å². The van der Waals surface area contributed by atoms with E-state index in [1.54, 1.807) is 0 Å². The first-order valence-corrected chi connectivity index (χ1v) is 10.7. The van der Waals surface area contributed by atoms with Gasteiger partial charge in [-0.25, -0.2) is 0 Å². The Morgan fingerprint density at radius 1 is 0.929 bits per heavy atom. The molecule has 0 bridgehead atoms. The molecular weight excluding hydrogens is 416 g/mol. The average Bonchev–Trinajstić information content (AvgIpc) is 3.52. The van der Waals surface area contributed by atoms with Gasteiger partial charge in [-0.2, -0.15) is 0 Å². The summed E-state index contributed by atoms with van der Waals surface area (Å²) >= 11 is 3.47. The molecule has 5 heteroatoms. The van der Waals surface area contributed by atoms with Gasteiger partial charge in [0, 0.05) is 36.2 Å². The van der Waals surface area contributed by atoms with Crippen molar-refractivity contribution in [2.45, 2.75) is 31.6 Å². The van der Waals surface area contributed by atoms with Crippen molar-refractivity contribution in [3.8, 4) is 0 Å². The van der Waals surface area contributed by atoms with Crippen molar-refractivity contribution in [1.82, 2.24) is 9.80 Å².